The van der Waals surface area contributed by atoms with E-state index in [1.807, 2.05) is 20.8 Å². The van der Waals surface area contributed by atoms with Crippen molar-refractivity contribution in [1.82, 2.24) is 0 Å². The molecule has 0 unspecified atom stereocenters. The molecule has 0 aromatic heterocycles. The molecule has 10 nitrogen and oxygen atoms in total. The maximum Gasteiger partial charge on any atom is 0.193 e. The van der Waals surface area contributed by atoms with Gasteiger partial charge in [-0.25, -0.2) is 8.78 Å². The number of rotatable bonds is 3. The average Bonchev–Trinajstić information content (AvgIpc) is 3.67. The Hall–Kier alpha value is -2.74. The number of fused-ring (bicyclic) bond motifs is 12. The number of Topliss-reactive ketones (excluding diaryl/α,β-unsaturated/α-hetero) is 2. The minimum atomic E-state index is -1.98. The van der Waals surface area contributed by atoms with Crippen molar-refractivity contribution in [2.75, 3.05) is 6.61 Å². The van der Waals surface area contributed by atoms with Gasteiger partial charge in [0, 0.05) is 33.5 Å². The highest BCUT2D eigenvalue weighted by Gasteiger charge is 2.80. The van der Waals surface area contributed by atoms with Crippen molar-refractivity contribution in [3.8, 4) is 0 Å². The zero-order valence-corrected chi connectivity index (χ0v) is 34.9. The van der Waals surface area contributed by atoms with Crippen LogP contribution in [0.5, 0.6) is 0 Å². The Balaban J connectivity index is 0.000000164. The summed E-state index contributed by atoms with van der Waals surface area (Å²) in [5.74, 6) is -3.57. The van der Waals surface area contributed by atoms with Crippen molar-refractivity contribution >= 4 is 23.1 Å². The molecule has 0 bridgehead atoms. The van der Waals surface area contributed by atoms with Gasteiger partial charge in [-0.15, -0.1) is 0 Å². The fourth-order valence-corrected chi connectivity index (χ4v) is 15.1. The summed E-state index contributed by atoms with van der Waals surface area (Å²) < 4.78 is 46.4. The minimum Gasteiger partial charge on any atom is -0.390 e. The Morgan fingerprint density at radius 3 is 2.02 bits per heavy atom. The third-order valence-electron chi connectivity index (χ3n) is 17.9. The van der Waals surface area contributed by atoms with Gasteiger partial charge in [0.05, 0.1) is 18.3 Å². The SMILES string of the molecule is CC(=O)[C@@]1(O)CC[C@H]2[C@@H]3C[C@H](C)C4=CC(=O)C=C[C@]4(C)[C@@]3(F)[C@@H](O)C[C@@]21C.CC1(C)O[C@@H]2C[C@H]3[C@@H]4CCC5=CC(=O)C=C[C@]5(C)[C@@]4(F)[C@@H](O)C[C@]3(C)[C@]2(C(=O)CO)O1. The molecular weight excluding hydrogens is 750 g/mol. The number of alkyl halides is 2. The number of hydrogen-bond acceptors (Lipinski definition) is 10. The fourth-order valence-electron chi connectivity index (χ4n) is 15.1. The predicted octanol–water partition coefficient (Wildman–Crippen LogP) is 5.34. The highest BCUT2D eigenvalue weighted by molar-refractivity contribution is 6.02. The topological polar surface area (TPSA) is 168 Å². The van der Waals surface area contributed by atoms with E-state index in [9.17, 15) is 39.6 Å². The van der Waals surface area contributed by atoms with Gasteiger partial charge in [0.2, 0.25) is 0 Å². The van der Waals surface area contributed by atoms with Crippen molar-refractivity contribution in [3.63, 3.8) is 0 Å². The molecular formula is C46H60F2O10. The molecule has 8 aliphatic carbocycles. The van der Waals surface area contributed by atoms with Gasteiger partial charge in [0.15, 0.2) is 45.9 Å². The van der Waals surface area contributed by atoms with Crippen LogP contribution in [0.1, 0.15) is 107 Å². The maximum atomic E-state index is 17.1. The normalized spacial score (nSPS) is 53.0. The predicted molar refractivity (Wildman–Crippen MR) is 207 cm³/mol. The number of aliphatic hydroxyl groups excluding tert-OH is 3. The molecule has 1 heterocycles. The second kappa shape index (κ2) is 12.7. The summed E-state index contributed by atoms with van der Waals surface area (Å²) >= 11 is 0. The van der Waals surface area contributed by atoms with Gasteiger partial charge in [-0.2, -0.15) is 0 Å². The Labute approximate surface area is 339 Å². The molecule has 7 fully saturated rings. The first kappa shape index (κ1) is 42.0. The summed E-state index contributed by atoms with van der Waals surface area (Å²) in [6, 6.07) is 0. The van der Waals surface area contributed by atoms with Crippen LogP contribution in [0.3, 0.4) is 0 Å². The van der Waals surface area contributed by atoms with Crippen LogP contribution in [0.15, 0.2) is 47.6 Å². The van der Waals surface area contributed by atoms with Crippen LogP contribution >= 0.6 is 0 Å². The molecule has 0 aromatic carbocycles. The molecule has 6 saturated carbocycles. The molecule has 58 heavy (non-hydrogen) atoms. The van der Waals surface area contributed by atoms with Crippen LogP contribution in [0.25, 0.3) is 0 Å². The molecule has 12 heteroatoms. The van der Waals surface area contributed by atoms with Gasteiger partial charge in [0.25, 0.3) is 0 Å². The third kappa shape index (κ3) is 4.85. The van der Waals surface area contributed by atoms with E-state index in [0.717, 1.165) is 11.1 Å². The molecule has 0 amide bonds. The Kier molecular flexibility index (Phi) is 9.16. The Bertz CT molecular complexity index is 1990. The van der Waals surface area contributed by atoms with Gasteiger partial charge in [-0.1, -0.05) is 44.1 Å². The van der Waals surface area contributed by atoms with E-state index in [-0.39, 0.29) is 47.9 Å². The lowest BCUT2D eigenvalue weighted by Crippen LogP contribution is -2.70. The lowest BCUT2D eigenvalue weighted by Gasteiger charge is -2.63. The first-order valence-electron chi connectivity index (χ1n) is 21.2. The van der Waals surface area contributed by atoms with Crippen LogP contribution in [-0.4, -0.2) is 96.8 Å². The van der Waals surface area contributed by atoms with Crippen LogP contribution in [-0.2, 0) is 28.7 Å². The van der Waals surface area contributed by atoms with E-state index < -0.39 is 92.5 Å². The fraction of sp³-hybridized carbons (Fsp3) is 0.739. The summed E-state index contributed by atoms with van der Waals surface area (Å²) in [6.45, 7) is 13.4. The second-order valence-electron chi connectivity index (χ2n) is 20.7. The molecule has 318 valence electrons. The highest BCUT2D eigenvalue weighted by atomic mass is 19.1. The first-order valence-corrected chi connectivity index (χ1v) is 21.2. The number of halogens is 2. The highest BCUT2D eigenvalue weighted by Crippen LogP contribution is 2.73. The standard InChI is InChI=1S/C24H31FO6.C22H29FO4/c1-20(2)30-19-10-16-15-6-5-13-9-14(27)7-8-21(13,3)23(15,25)17(28)11-22(16,4)24(19,31-20)18(29)12-26;1-12-9-17-15-6-8-21(27,13(2)24)20(15,4)11-18(26)22(17,23)19(3)7-5-14(25)10-16(12)19/h7-9,15-17,19,26,28H,5-6,10-12H2,1-4H3;5,7,10,12,15,17-18,26-27H,6,8-9,11H2,1-4H3/t15-,16-,17-,19+,21-,22-,23-,24+;12-,15-,17-,18-,19-,20-,21-,22-/m00/s1. The number of hydrogen-bond donors (Lipinski definition) is 4. The lowest BCUT2D eigenvalue weighted by atomic mass is 9.43. The van der Waals surface area contributed by atoms with E-state index in [4.69, 9.17) is 9.47 Å². The molecule has 9 aliphatic rings. The van der Waals surface area contributed by atoms with Crippen molar-refractivity contribution in [2.24, 2.45) is 51.2 Å². The van der Waals surface area contributed by atoms with Gasteiger partial charge in [0.1, 0.15) is 12.2 Å². The van der Waals surface area contributed by atoms with Crippen molar-refractivity contribution < 1.29 is 57.9 Å². The molecule has 16 atom stereocenters. The molecule has 0 spiro atoms. The summed E-state index contributed by atoms with van der Waals surface area (Å²) in [7, 11) is 0. The van der Waals surface area contributed by atoms with Crippen LogP contribution < -0.4 is 0 Å². The van der Waals surface area contributed by atoms with Crippen LogP contribution in [0.4, 0.5) is 8.78 Å². The Morgan fingerprint density at radius 2 is 1.40 bits per heavy atom. The molecule has 0 aromatic rings. The van der Waals surface area contributed by atoms with Gasteiger partial charge < -0.3 is 29.9 Å². The monoisotopic (exact) mass is 810 g/mol. The van der Waals surface area contributed by atoms with Gasteiger partial charge in [-0.05, 0) is 128 Å². The molecule has 4 N–H and O–H groups in total. The van der Waals surface area contributed by atoms with Gasteiger partial charge >= 0.3 is 0 Å². The lowest BCUT2D eigenvalue weighted by molar-refractivity contribution is -0.246. The van der Waals surface area contributed by atoms with Crippen LogP contribution in [0.2, 0.25) is 0 Å². The number of ketones is 4. The summed E-state index contributed by atoms with van der Waals surface area (Å²) in [6.07, 6.45) is 8.68. The van der Waals surface area contributed by atoms with E-state index in [0.29, 0.717) is 38.5 Å². The Morgan fingerprint density at radius 1 is 0.810 bits per heavy atom. The molecule has 0 radical (unpaired) electrons. The zero-order valence-electron chi connectivity index (χ0n) is 34.9. The van der Waals surface area contributed by atoms with E-state index >= 15 is 8.78 Å². The van der Waals surface area contributed by atoms with Crippen LogP contribution in [0, 0.1) is 51.2 Å². The van der Waals surface area contributed by atoms with Crippen molar-refractivity contribution in [3.05, 3.63) is 47.6 Å². The van der Waals surface area contributed by atoms with E-state index in [1.165, 1.54) is 31.2 Å². The summed E-state index contributed by atoms with van der Waals surface area (Å²) in [5, 5.41) is 43.4. The van der Waals surface area contributed by atoms with Crippen molar-refractivity contribution in [1.29, 1.82) is 0 Å². The number of carbonyl (C=O) groups is 4. The molecule has 1 saturated heterocycles. The quantitative estimate of drug-likeness (QED) is 0.292. The van der Waals surface area contributed by atoms with Gasteiger partial charge in [-0.3, -0.25) is 19.2 Å². The van der Waals surface area contributed by atoms with E-state index in [2.05, 4.69) is 0 Å². The zero-order chi connectivity index (χ0) is 42.6. The number of allylic oxidation sites excluding steroid dienone is 8. The number of aliphatic hydroxyl groups is 4. The largest absolute Gasteiger partial charge is 0.390 e. The second-order valence-corrected chi connectivity index (χ2v) is 20.7. The maximum absolute atomic E-state index is 17.1. The number of carbonyl (C=O) groups excluding carboxylic acids is 4. The third-order valence-corrected chi connectivity index (χ3v) is 17.9. The summed E-state index contributed by atoms with van der Waals surface area (Å²) in [5.41, 5.74) is -9.25. The molecule has 9 rings (SSSR count). The van der Waals surface area contributed by atoms with E-state index in [1.54, 1.807) is 39.8 Å². The average molecular weight is 811 g/mol. The minimum absolute atomic E-state index is 0.00153. The first-order chi connectivity index (χ1) is 26.8. The molecule has 1 aliphatic heterocycles. The number of ether oxygens (including phenoxy) is 2. The smallest absolute Gasteiger partial charge is 0.193 e. The van der Waals surface area contributed by atoms with Crippen molar-refractivity contribution in [2.45, 2.75) is 153 Å². The summed E-state index contributed by atoms with van der Waals surface area (Å²) in [4.78, 5) is 49.3.